The lowest BCUT2D eigenvalue weighted by molar-refractivity contribution is -0.120. The number of hydrogen-bond donors (Lipinski definition) is 2. The summed E-state index contributed by atoms with van der Waals surface area (Å²) in [5.41, 5.74) is 10.1. The molecule has 160 valence electrons. The van der Waals surface area contributed by atoms with Crippen LogP contribution < -0.4 is 20.5 Å². The van der Waals surface area contributed by atoms with Crippen molar-refractivity contribution in [2.24, 2.45) is 5.73 Å². The Morgan fingerprint density at radius 3 is 2.52 bits per heavy atom. The fraction of sp³-hybridized carbons (Fsp3) is 0.292. The first-order valence-corrected chi connectivity index (χ1v) is 10.4. The molecule has 3 aromatic rings. The fourth-order valence-corrected chi connectivity index (χ4v) is 3.73. The third kappa shape index (κ3) is 5.38. The van der Waals surface area contributed by atoms with E-state index >= 15 is 0 Å². The number of nitrogens with zero attached hydrogens (tertiary/aromatic N) is 2. The van der Waals surface area contributed by atoms with Gasteiger partial charge in [-0.2, -0.15) is 0 Å². The standard InChI is InChI=1S/C24H26N4O3/c25-24(29)23(19-3-4-21-22(15-19)31-14-13-30-21)28-12-8-18-7-11-27-16-20(18)2-1-17-5-9-26-10-6-17/h3-7,9-11,15-16,23,28H,1-2,8,12-14H2,(H2,25,29). The molecule has 1 atom stereocenters. The van der Waals surface area contributed by atoms with E-state index in [4.69, 9.17) is 15.2 Å². The molecule has 3 heterocycles. The number of carbonyl (C=O) groups is 1. The lowest BCUT2D eigenvalue weighted by atomic mass is 10.00. The van der Waals surface area contributed by atoms with E-state index in [1.54, 1.807) is 6.20 Å². The summed E-state index contributed by atoms with van der Waals surface area (Å²) in [5, 5.41) is 3.29. The highest BCUT2D eigenvalue weighted by molar-refractivity contribution is 5.81. The van der Waals surface area contributed by atoms with Crippen LogP contribution in [0, 0.1) is 0 Å². The van der Waals surface area contributed by atoms with Crippen LogP contribution in [0.1, 0.15) is 28.3 Å². The van der Waals surface area contributed by atoms with Gasteiger partial charge in [-0.25, -0.2) is 0 Å². The van der Waals surface area contributed by atoms with E-state index in [-0.39, 0.29) is 0 Å². The average molecular weight is 418 g/mol. The van der Waals surface area contributed by atoms with Crippen LogP contribution in [0.25, 0.3) is 0 Å². The topological polar surface area (TPSA) is 99.4 Å². The van der Waals surface area contributed by atoms with Gasteiger partial charge in [0, 0.05) is 31.3 Å². The van der Waals surface area contributed by atoms with E-state index in [0.29, 0.717) is 31.3 Å². The molecule has 1 aliphatic rings. The number of aromatic nitrogens is 2. The van der Waals surface area contributed by atoms with Crippen molar-refractivity contribution >= 4 is 5.91 Å². The molecule has 4 rings (SSSR count). The van der Waals surface area contributed by atoms with Gasteiger partial charge in [-0.05, 0) is 71.8 Å². The summed E-state index contributed by atoms with van der Waals surface area (Å²) in [6.07, 6.45) is 9.93. The second-order valence-electron chi connectivity index (χ2n) is 7.44. The largest absolute Gasteiger partial charge is 0.486 e. The molecule has 31 heavy (non-hydrogen) atoms. The number of primary amides is 1. The molecular formula is C24H26N4O3. The maximum absolute atomic E-state index is 12.1. The smallest absolute Gasteiger partial charge is 0.239 e. The Bertz CT molecular complexity index is 1030. The predicted molar refractivity (Wildman–Crippen MR) is 117 cm³/mol. The number of nitrogens with two attached hydrogens (primary N) is 1. The number of pyridine rings is 2. The molecular weight excluding hydrogens is 392 g/mol. The fourth-order valence-electron chi connectivity index (χ4n) is 3.73. The number of nitrogens with one attached hydrogen (secondary N) is 1. The molecule has 0 radical (unpaired) electrons. The van der Waals surface area contributed by atoms with Crippen LogP contribution in [0.5, 0.6) is 11.5 Å². The first-order valence-electron chi connectivity index (χ1n) is 10.4. The van der Waals surface area contributed by atoms with Crippen molar-refractivity contribution in [2.45, 2.75) is 25.3 Å². The van der Waals surface area contributed by atoms with E-state index in [9.17, 15) is 4.79 Å². The molecule has 1 unspecified atom stereocenters. The number of aryl methyl sites for hydroxylation is 2. The molecule has 1 aromatic carbocycles. The van der Waals surface area contributed by atoms with Gasteiger partial charge >= 0.3 is 0 Å². The van der Waals surface area contributed by atoms with E-state index in [0.717, 1.165) is 24.8 Å². The van der Waals surface area contributed by atoms with Crippen LogP contribution >= 0.6 is 0 Å². The van der Waals surface area contributed by atoms with Crippen molar-refractivity contribution in [2.75, 3.05) is 19.8 Å². The zero-order valence-electron chi connectivity index (χ0n) is 17.3. The first-order chi connectivity index (χ1) is 15.2. The minimum atomic E-state index is -0.599. The monoisotopic (exact) mass is 418 g/mol. The summed E-state index contributed by atoms with van der Waals surface area (Å²) in [5.74, 6) is 0.905. The van der Waals surface area contributed by atoms with E-state index in [2.05, 4.69) is 15.3 Å². The molecule has 1 aliphatic heterocycles. The van der Waals surface area contributed by atoms with Gasteiger partial charge < -0.3 is 20.5 Å². The quantitative estimate of drug-likeness (QED) is 0.554. The molecule has 1 amide bonds. The van der Waals surface area contributed by atoms with Gasteiger partial charge in [-0.15, -0.1) is 0 Å². The maximum Gasteiger partial charge on any atom is 0.239 e. The number of benzene rings is 1. The van der Waals surface area contributed by atoms with Crippen molar-refractivity contribution in [3.8, 4) is 11.5 Å². The van der Waals surface area contributed by atoms with Crippen molar-refractivity contribution in [3.05, 3.63) is 83.4 Å². The second kappa shape index (κ2) is 10.0. The van der Waals surface area contributed by atoms with Crippen molar-refractivity contribution in [1.29, 1.82) is 0 Å². The molecule has 0 fully saturated rings. The molecule has 2 aromatic heterocycles. The number of hydrogen-bond acceptors (Lipinski definition) is 6. The highest BCUT2D eigenvalue weighted by atomic mass is 16.6. The lowest BCUT2D eigenvalue weighted by Gasteiger charge is -2.21. The number of amides is 1. The summed E-state index contributed by atoms with van der Waals surface area (Å²) < 4.78 is 11.2. The Balaban J connectivity index is 1.39. The molecule has 0 saturated heterocycles. The van der Waals surface area contributed by atoms with Gasteiger partial charge in [0.2, 0.25) is 5.91 Å². The van der Waals surface area contributed by atoms with Crippen LogP contribution in [-0.4, -0.2) is 35.6 Å². The van der Waals surface area contributed by atoms with E-state index in [1.165, 1.54) is 16.7 Å². The van der Waals surface area contributed by atoms with Crippen LogP contribution in [0.2, 0.25) is 0 Å². The Hall–Kier alpha value is -3.45. The molecule has 0 aliphatic carbocycles. The van der Waals surface area contributed by atoms with Crippen molar-refractivity contribution < 1.29 is 14.3 Å². The van der Waals surface area contributed by atoms with Crippen molar-refractivity contribution in [1.82, 2.24) is 15.3 Å². The highest BCUT2D eigenvalue weighted by Gasteiger charge is 2.20. The maximum atomic E-state index is 12.1. The molecule has 0 bridgehead atoms. The van der Waals surface area contributed by atoms with Gasteiger partial charge in [0.05, 0.1) is 0 Å². The molecule has 0 saturated carbocycles. The van der Waals surface area contributed by atoms with Gasteiger partial charge in [-0.3, -0.25) is 14.8 Å². The molecule has 0 spiro atoms. The van der Waals surface area contributed by atoms with Crippen LogP contribution in [0.4, 0.5) is 0 Å². The number of rotatable bonds is 9. The Kier molecular flexibility index (Phi) is 6.74. The zero-order chi connectivity index (χ0) is 21.5. The first kappa shape index (κ1) is 20.8. The Morgan fingerprint density at radius 1 is 0.935 bits per heavy atom. The Morgan fingerprint density at radius 2 is 1.71 bits per heavy atom. The van der Waals surface area contributed by atoms with Gasteiger partial charge in [-0.1, -0.05) is 6.07 Å². The van der Waals surface area contributed by atoms with Gasteiger partial charge in [0.1, 0.15) is 19.3 Å². The van der Waals surface area contributed by atoms with E-state index in [1.807, 2.05) is 55.0 Å². The van der Waals surface area contributed by atoms with Crippen LogP contribution in [0.15, 0.2) is 61.2 Å². The van der Waals surface area contributed by atoms with Gasteiger partial charge in [0.25, 0.3) is 0 Å². The summed E-state index contributed by atoms with van der Waals surface area (Å²) in [6.45, 7) is 1.63. The van der Waals surface area contributed by atoms with E-state index < -0.39 is 11.9 Å². The SMILES string of the molecule is NC(=O)C(NCCc1ccncc1CCc1ccncc1)c1ccc2c(c1)OCCO2. The average Bonchev–Trinajstić information content (AvgIpc) is 2.81. The summed E-state index contributed by atoms with van der Waals surface area (Å²) in [6, 6.07) is 11.0. The predicted octanol–water partition coefficient (Wildman–Crippen LogP) is 2.39. The third-order valence-electron chi connectivity index (χ3n) is 5.36. The summed E-state index contributed by atoms with van der Waals surface area (Å²) in [4.78, 5) is 20.5. The van der Waals surface area contributed by atoms with Crippen LogP contribution in [-0.2, 0) is 24.1 Å². The number of fused-ring (bicyclic) bond motifs is 1. The second-order valence-corrected chi connectivity index (χ2v) is 7.44. The summed E-state index contributed by atoms with van der Waals surface area (Å²) >= 11 is 0. The highest BCUT2D eigenvalue weighted by Crippen LogP contribution is 2.32. The minimum Gasteiger partial charge on any atom is -0.486 e. The zero-order valence-corrected chi connectivity index (χ0v) is 17.3. The Labute approximate surface area is 181 Å². The molecule has 7 nitrogen and oxygen atoms in total. The molecule has 7 heteroatoms. The minimum absolute atomic E-state index is 0.427. The third-order valence-corrected chi connectivity index (χ3v) is 5.36. The summed E-state index contributed by atoms with van der Waals surface area (Å²) in [7, 11) is 0. The number of ether oxygens (including phenoxy) is 2. The van der Waals surface area contributed by atoms with Gasteiger partial charge in [0.15, 0.2) is 11.5 Å². The number of carbonyl (C=O) groups excluding carboxylic acids is 1. The lowest BCUT2D eigenvalue weighted by Crippen LogP contribution is -2.35. The van der Waals surface area contributed by atoms with Crippen molar-refractivity contribution in [3.63, 3.8) is 0 Å². The van der Waals surface area contributed by atoms with Crippen LogP contribution in [0.3, 0.4) is 0 Å². The molecule has 3 N–H and O–H groups in total. The normalized spacial score (nSPS) is 13.5.